The molecule has 2 nitrogen and oxygen atoms in total. The van der Waals surface area contributed by atoms with E-state index in [9.17, 15) is 5.11 Å². The maximum atomic E-state index is 10.7. The first kappa shape index (κ1) is 14.1. The zero-order valence-corrected chi connectivity index (χ0v) is 12.5. The fourth-order valence-electron chi connectivity index (χ4n) is 3.92. The predicted molar refractivity (Wildman–Crippen MR) is 80.6 cm³/mol. The van der Waals surface area contributed by atoms with Crippen LogP contribution in [0.4, 0.5) is 0 Å². The number of ether oxygens (including phenoxy) is 1. The summed E-state index contributed by atoms with van der Waals surface area (Å²) in [6, 6.07) is 8.33. The highest BCUT2D eigenvalue weighted by molar-refractivity contribution is 5.23. The second kappa shape index (κ2) is 5.87. The molecule has 1 aromatic carbocycles. The molecule has 3 rings (SSSR count). The van der Waals surface area contributed by atoms with E-state index in [1.54, 1.807) is 0 Å². The zero-order chi connectivity index (χ0) is 14.0. The average molecular weight is 274 g/mol. The van der Waals surface area contributed by atoms with Crippen LogP contribution in [0.3, 0.4) is 0 Å². The van der Waals surface area contributed by atoms with Gasteiger partial charge in [-0.1, -0.05) is 49.1 Å². The van der Waals surface area contributed by atoms with Gasteiger partial charge in [0.2, 0.25) is 0 Å². The summed E-state index contributed by atoms with van der Waals surface area (Å²) < 4.78 is 6.13. The van der Waals surface area contributed by atoms with Gasteiger partial charge in [0.15, 0.2) is 0 Å². The molecular formula is C18H26O2. The van der Waals surface area contributed by atoms with Crippen LogP contribution >= 0.6 is 0 Å². The molecule has 1 aliphatic heterocycles. The molecule has 1 saturated heterocycles. The van der Waals surface area contributed by atoms with Gasteiger partial charge in [0.1, 0.15) is 0 Å². The molecule has 1 N–H and O–H groups in total. The molecular weight excluding hydrogens is 248 g/mol. The van der Waals surface area contributed by atoms with Crippen molar-refractivity contribution in [1.82, 2.24) is 0 Å². The Balaban J connectivity index is 1.71. The molecule has 1 saturated carbocycles. The largest absolute Gasteiger partial charge is 0.388 e. The quantitative estimate of drug-likeness (QED) is 0.877. The highest BCUT2D eigenvalue weighted by atomic mass is 16.5. The monoisotopic (exact) mass is 274 g/mol. The molecule has 110 valence electrons. The second-order valence-corrected chi connectivity index (χ2v) is 6.70. The summed E-state index contributed by atoms with van der Waals surface area (Å²) in [5.74, 6) is 0.351. The second-order valence-electron chi connectivity index (χ2n) is 6.70. The lowest BCUT2D eigenvalue weighted by Gasteiger charge is -2.44. The standard InChI is InChI=1S/C18H26O2/c1-14-5-7-15(8-6-14)17(19)16-9-12-20-18(13-16)10-3-2-4-11-18/h5-8,16-17,19H,2-4,9-13H2,1H3. The van der Waals surface area contributed by atoms with Gasteiger partial charge in [-0.15, -0.1) is 0 Å². The van der Waals surface area contributed by atoms with Crippen LogP contribution in [0.15, 0.2) is 24.3 Å². The summed E-state index contributed by atoms with van der Waals surface area (Å²) in [6.07, 6.45) is 7.96. The van der Waals surface area contributed by atoms with Gasteiger partial charge in [0, 0.05) is 6.61 Å². The van der Waals surface area contributed by atoms with Gasteiger partial charge in [-0.25, -0.2) is 0 Å². The summed E-state index contributed by atoms with van der Waals surface area (Å²) in [5, 5.41) is 10.7. The van der Waals surface area contributed by atoms with Gasteiger partial charge in [-0.05, 0) is 44.1 Å². The van der Waals surface area contributed by atoms with E-state index in [2.05, 4.69) is 31.2 Å². The third kappa shape index (κ3) is 2.91. The van der Waals surface area contributed by atoms with E-state index < -0.39 is 0 Å². The number of aliphatic hydroxyl groups is 1. The van der Waals surface area contributed by atoms with Crippen LogP contribution in [0.25, 0.3) is 0 Å². The first-order chi connectivity index (χ1) is 9.69. The van der Waals surface area contributed by atoms with Crippen LogP contribution in [-0.4, -0.2) is 17.3 Å². The van der Waals surface area contributed by atoms with Crippen molar-refractivity contribution in [3.63, 3.8) is 0 Å². The summed E-state index contributed by atoms with van der Waals surface area (Å²) in [5.41, 5.74) is 2.39. The summed E-state index contributed by atoms with van der Waals surface area (Å²) >= 11 is 0. The maximum absolute atomic E-state index is 10.7. The van der Waals surface area contributed by atoms with Crippen LogP contribution in [0.1, 0.15) is 62.2 Å². The number of aliphatic hydroxyl groups excluding tert-OH is 1. The SMILES string of the molecule is Cc1ccc(C(O)C2CCOC3(CCCCC3)C2)cc1. The minimum absolute atomic E-state index is 0.0762. The Bertz CT molecular complexity index is 426. The lowest BCUT2D eigenvalue weighted by atomic mass is 9.74. The van der Waals surface area contributed by atoms with Crippen molar-refractivity contribution >= 4 is 0 Å². The van der Waals surface area contributed by atoms with E-state index in [0.717, 1.165) is 25.0 Å². The molecule has 0 bridgehead atoms. The minimum Gasteiger partial charge on any atom is -0.388 e. The molecule has 0 radical (unpaired) electrons. The van der Waals surface area contributed by atoms with Crippen molar-refractivity contribution in [2.24, 2.45) is 5.92 Å². The Kier molecular flexibility index (Phi) is 4.13. The summed E-state index contributed by atoms with van der Waals surface area (Å²) in [7, 11) is 0. The Morgan fingerprint density at radius 2 is 1.85 bits per heavy atom. The van der Waals surface area contributed by atoms with Crippen LogP contribution in [0.5, 0.6) is 0 Å². The Morgan fingerprint density at radius 1 is 1.15 bits per heavy atom. The van der Waals surface area contributed by atoms with Crippen molar-refractivity contribution in [3.8, 4) is 0 Å². The topological polar surface area (TPSA) is 29.5 Å². The lowest BCUT2D eigenvalue weighted by molar-refractivity contribution is -0.134. The van der Waals surface area contributed by atoms with E-state index >= 15 is 0 Å². The molecule has 1 spiro atoms. The third-order valence-electron chi connectivity index (χ3n) is 5.16. The Labute approximate surface area is 122 Å². The van der Waals surface area contributed by atoms with Crippen LogP contribution in [-0.2, 0) is 4.74 Å². The Morgan fingerprint density at radius 3 is 2.55 bits per heavy atom. The van der Waals surface area contributed by atoms with E-state index in [0.29, 0.717) is 5.92 Å². The predicted octanol–water partition coefficient (Wildman–Crippen LogP) is 4.16. The molecule has 2 heteroatoms. The third-order valence-corrected chi connectivity index (χ3v) is 5.16. The van der Waals surface area contributed by atoms with Gasteiger partial charge < -0.3 is 9.84 Å². The summed E-state index contributed by atoms with van der Waals surface area (Å²) in [6.45, 7) is 2.90. The Hall–Kier alpha value is -0.860. The number of rotatable bonds is 2. The van der Waals surface area contributed by atoms with Gasteiger partial charge in [0.05, 0.1) is 11.7 Å². The number of hydrogen-bond donors (Lipinski definition) is 1. The molecule has 2 atom stereocenters. The van der Waals surface area contributed by atoms with E-state index in [-0.39, 0.29) is 11.7 Å². The number of hydrogen-bond acceptors (Lipinski definition) is 2. The molecule has 0 aromatic heterocycles. The lowest BCUT2D eigenvalue weighted by Crippen LogP contribution is -2.42. The molecule has 2 fully saturated rings. The zero-order valence-electron chi connectivity index (χ0n) is 12.5. The molecule has 1 heterocycles. The van der Waals surface area contributed by atoms with Crippen molar-refractivity contribution in [3.05, 3.63) is 35.4 Å². The molecule has 2 unspecified atom stereocenters. The van der Waals surface area contributed by atoms with Crippen LogP contribution in [0, 0.1) is 12.8 Å². The van der Waals surface area contributed by atoms with Gasteiger partial charge in [-0.2, -0.15) is 0 Å². The normalized spacial score (nSPS) is 27.4. The highest BCUT2D eigenvalue weighted by Gasteiger charge is 2.40. The summed E-state index contributed by atoms with van der Waals surface area (Å²) in [4.78, 5) is 0. The van der Waals surface area contributed by atoms with Crippen molar-refractivity contribution in [2.75, 3.05) is 6.61 Å². The van der Waals surface area contributed by atoms with E-state index in [1.165, 1.54) is 37.7 Å². The van der Waals surface area contributed by atoms with Crippen molar-refractivity contribution < 1.29 is 9.84 Å². The minimum atomic E-state index is -0.335. The van der Waals surface area contributed by atoms with Crippen LogP contribution < -0.4 is 0 Å². The molecule has 1 aliphatic carbocycles. The molecule has 2 aliphatic rings. The number of benzene rings is 1. The molecule has 1 aromatic rings. The average Bonchev–Trinajstić information content (AvgIpc) is 2.48. The van der Waals surface area contributed by atoms with Crippen molar-refractivity contribution in [2.45, 2.75) is 63.6 Å². The van der Waals surface area contributed by atoms with Crippen LogP contribution in [0.2, 0.25) is 0 Å². The van der Waals surface area contributed by atoms with Crippen molar-refractivity contribution in [1.29, 1.82) is 0 Å². The van der Waals surface area contributed by atoms with Gasteiger partial charge >= 0.3 is 0 Å². The fraction of sp³-hybridized carbons (Fsp3) is 0.667. The maximum Gasteiger partial charge on any atom is 0.0820 e. The fourth-order valence-corrected chi connectivity index (χ4v) is 3.92. The first-order valence-electron chi connectivity index (χ1n) is 8.07. The smallest absolute Gasteiger partial charge is 0.0820 e. The molecule has 20 heavy (non-hydrogen) atoms. The molecule has 0 amide bonds. The first-order valence-corrected chi connectivity index (χ1v) is 8.07. The van der Waals surface area contributed by atoms with Gasteiger partial charge in [-0.3, -0.25) is 0 Å². The van der Waals surface area contributed by atoms with E-state index in [4.69, 9.17) is 4.74 Å². The van der Waals surface area contributed by atoms with E-state index in [1.807, 2.05) is 0 Å². The number of aryl methyl sites for hydroxylation is 1. The highest BCUT2D eigenvalue weighted by Crippen LogP contribution is 2.44. The van der Waals surface area contributed by atoms with Gasteiger partial charge in [0.25, 0.3) is 0 Å².